The minimum atomic E-state index is -1.06. The molecule has 0 spiro atoms. The van der Waals surface area contributed by atoms with Gasteiger partial charge in [0.25, 0.3) is 5.78 Å². The van der Waals surface area contributed by atoms with E-state index in [1.54, 1.807) is 43.3 Å². The van der Waals surface area contributed by atoms with E-state index in [1.807, 2.05) is 6.92 Å². The number of ketones is 2. The van der Waals surface area contributed by atoms with Gasteiger partial charge in [-0.05, 0) is 56.2 Å². The van der Waals surface area contributed by atoms with Gasteiger partial charge in [-0.25, -0.2) is 4.98 Å². The molecule has 1 atom stereocenters. The number of carbonyl (C=O) groups excluding carboxylic acids is 3. The van der Waals surface area contributed by atoms with Gasteiger partial charge in [0.1, 0.15) is 19.0 Å². The molecule has 0 radical (unpaired) electrons. The summed E-state index contributed by atoms with van der Waals surface area (Å²) in [5.41, 5.74) is 1.11. The molecule has 3 heterocycles. The number of aromatic nitrogens is 1. The smallest absolute Gasteiger partial charge is 0.301 e. The normalized spacial score (nSPS) is 17.3. The second-order valence-corrected chi connectivity index (χ2v) is 11.2. The molecule has 2 aliphatic heterocycles. The minimum Gasteiger partial charge on any atom is -0.507 e. The van der Waals surface area contributed by atoms with Gasteiger partial charge in [-0.3, -0.25) is 19.3 Å². The predicted molar refractivity (Wildman–Crippen MR) is 162 cm³/mol. The van der Waals surface area contributed by atoms with Crippen molar-refractivity contribution in [2.75, 3.05) is 31.3 Å². The molecule has 3 aromatic rings. The number of unbranched alkanes of at least 4 members (excludes halogenated alkanes) is 2. The lowest BCUT2D eigenvalue weighted by Crippen LogP contribution is -2.29. The van der Waals surface area contributed by atoms with Crippen molar-refractivity contribution in [3.8, 4) is 23.0 Å². The maximum absolute atomic E-state index is 13.7. The number of hydrogen-bond donors (Lipinski definition) is 1. The van der Waals surface area contributed by atoms with Crippen LogP contribution in [0.4, 0.5) is 5.13 Å². The minimum absolute atomic E-state index is 0.127. The molecule has 1 amide bonds. The lowest BCUT2D eigenvalue weighted by molar-refractivity contribution is -0.132. The number of aryl methyl sites for hydroxylation is 1. The third-order valence-electron chi connectivity index (χ3n) is 7.16. The van der Waals surface area contributed by atoms with Crippen molar-refractivity contribution in [3.05, 3.63) is 63.7 Å². The van der Waals surface area contributed by atoms with E-state index in [1.165, 1.54) is 11.8 Å². The van der Waals surface area contributed by atoms with Crippen LogP contribution in [-0.2, 0) is 9.59 Å². The second kappa shape index (κ2) is 12.9. The molecule has 0 saturated carbocycles. The zero-order chi connectivity index (χ0) is 30.7. The van der Waals surface area contributed by atoms with Gasteiger partial charge in [-0.15, -0.1) is 0 Å². The zero-order valence-electron chi connectivity index (χ0n) is 24.6. The Kier molecular flexibility index (Phi) is 9.00. The summed E-state index contributed by atoms with van der Waals surface area (Å²) in [7, 11) is 0. The number of nitrogens with zero attached hydrogens (tertiary/aromatic N) is 2. The van der Waals surface area contributed by atoms with E-state index in [0.29, 0.717) is 65.6 Å². The molecular weight excluding hydrogens is 572 g/mol. The summed E-state index contributed by atoms with van der Waals surface area (Å²) in [5, 5.41) is 11.8. The summed E-state index contributed by atoms with van der Waals surface area (Å²) in [6.45, 7) is 8.69. The molecule has 2 aliphatic rings. The summed E-state index contributed by atoms with van der Waals surface area (Å²) in [5.74, 6) is -0.403. The second-order valence-electron chi connectivity index (χ2n) is 10.2. The number of aliphatic hydroxyl groups excluding tert-OH is 1. The van der Waals surface area contributed by atoms with E-state index < -0.39 is 17.7 Å². The summed E-state index contributed by atoms with van der Waals surface area (Å²) in [6.07, 6.45) is 2.98. The molecule has 5 rings (SSSR count). The number of anilines is 1. The topological polar surface area (TPSA) is 124 Å². The zero-order valence-corrected chi connectivity index (χ0v) is 25.4. The Morgan fingerprint density at radius 3 is 2.51 bits per heavy atom. The average Bonchev–Trinajstić information content (AvgIpc) is 3.51. The average molecular weight is 607 g/mol. The Balaban J connectivity index is 1.65. The first-order valence-electron chi connectivity index (χ1n) is 14.3. The molecule has 1 saturated heterocycles. The lowest BCUT2D eigenvalue weighted by Gasteiger charge is -2.24. The highest BCUT2D eigenvalue weighted by Gasteiger charge is 2.48. The molecule has 0 aliphatic carbocycles. The van der Waals surface area contributed by atoms with Gasteiger partial charge in [-0.1, -0.05) is 37.2 Å². The van der Waals surface area contributed by atoms with Crippen LogP contribution in [0.3, 0.4) is 0 Å². The van der Waals surface area contributed by atoms with E-state index in [0.717, 1.165) is 30.6 Å². The number of aliphatic hydroxyl groups is 1. The Bertz CT molecular complexity index is 1590. The predicted octanol–water partition coefficient (Wildman–Crippen LogP) is 6.02. The van der Waals surface area contributed by atoms with E-state index in [4.69, 9.17) is 18.9 Å². The highest BCUT2D eigenvalue weighted by molar-refractivity contribution is 7.18. The number of carbonyl (C=O) groups is 3. The summed E-state index contributed by atoms with van der Waals surface area (Å²) in [6, 6.07) is 8.96. The Morgan fingerprint density at radius 2 is 1.81 bits per heavy atom. The van der Waals surface area contributed by atoms with Gasteiger partial charge in [0.05, 0.1) is 35.4 Å². The number of thiazole rings is 1. The molecule has 1 unspecified atom stereocenters. The number of fused-ring (bicyclic) bond motifs is 1. The number of hydrogen-bond acceptors (Lipinski definition) is 10. The van der Waals surface area contributed by atoms with Crippen LogP contribution in [-0.4, -0.2) is 54.0 Å². The fourth-order valence-corrected chi connectivity index (χ4v) is 6.11. The van der Waals surface area contributed by atoms with Gasteiger partial charge < -0.3 is 24.1 Å². The molecular formula is C32H34N2O8S. The van der Waals surface area contributed by atoms with Crippen molar-refractivity contribution < 1.29 is 38.4 Å². The molecule has 10 nitrogen and oxygen atoms in total. The molecule has 1 N–H and O–H groups in total. The van der Waals surface area contributed by atoms with Gasteiger partial charge in [0.15, 0.2) is 33.9 Å². The van der Waals surface area contributed by atoms with E-state index in [-0.39, 0.29) is 27.8 Å². The third-order valence-corrected chi connectivity index (χ3v) is 8.42. The van der Waals surface area contributed by atoms with Gasteiger partial charge in [0, 0.05) is 12.5 Å². The maximum atomic E-state index is 13.7. The summed E-state index contributed by atoms with van der Waals surface area (Å²) < 4.78 is 23.2. The standard InChI is InChI=1S/C32H34N2O8S/c1-5-7-8-13-40-22-11-9-20(16-24(22)39-6-2)27-26(28(36)21-10-12-23-25(17-21)42-15-14-41-23)29(37)31(38)34(27)32-33-18(3)30(43-32)19(4)35/h9-12,16-17,27,36H,5-8,13-15H2,1-4H3/b28-26+. The van der Waals surface area contributed by atoms with Gasteiger partial charge in [0.2, 0.25) is 0 Å². The third kappa shape index (κ3) is 5.94. The first-order valence-corrected chi connectivity index (χ1v) is 15.2. The molecule has 226 valence electrons. The largest absolute Gasteiger partial charge is 0.507 e. The number of benzene rings is 2. The van der Waals surface area contributed by atoms with Crippen molar-refractivity contribution >= 4 is 39.7 Å². The molecule has 1 aromatic heterocycles. The van der Waals surface area contributed by atoms with Crippen molar-refractivity contribution in [1.82, 2.24) is 4.98 Å². The van der Waals surface area contributed by atoms with Crippen LogP contribution < -0.4 is 23.8 Å². The quantitative estimate of drug-likeness (QED) is 0.0917. The highest BCUT2D eigenvalue weighted by atomic mass is 32.1. The maximum Gasteiger partial charge on any atom is 0.301 e. The van der Waals surface area contributed by atoms with Gasteiger partial charge >= 0.3 is 5.91 Å². The van der Waals surface area contributed by atoms with Crippen LogP contribution in [0.25, 0.3) is 5.76 Å². The van der Waals surface area contributed by atoms with Gasteiger partial charge in [-0.2, -0.15) is 0 Å². The Hall–Kier alpha value is -4.38. The van der Waals surface area contributed by atoms with Crippen LogP contribution in [0, 0.1) is 6.92 Å². The van der Waals surface area contributed by atoms with Crippen molar-refractivity contribution in [2.45, 2.75) is 53.0 Å². The first kappa shape index (κ1) is 30.1. The monoisotopic (exact) mass is 606 g/mol. The van der Waals surface area contributed by atoms with Crippen molar-refractivity contribution in [1.29, 1.82) is 0 Å². The van der Waals surface area contributed by atoms with Crippen molar-refractivity contribution in [3.63, 3.8) is 0 Å². The number of amides is 1. The fraction of sp³-hybridized carbons (Fsp3) is 0.375. The number of rotatable bonds is 11. The van der Waals surface area contributed by atoms with Crippen LogP contribution in [0.15, 0.2) is 42.0 Å². The first-order chi connectivity index (χ1) is 20.7. The molecule has 2 aromatic carbocycles. The molecule has 11 heteroatoms. The molecule has 1 fully saturated rings. The number of Topliss-reactive ketones (excluding diaryl/α,β-unsaturated/α-hetero) is 2. The van der Waals surface area contributed by atoms with E-state index in [2.05, 4.69) is 11.9 Å². The Morgan fingerprint density at radius 1 is 1.05 bits per heavy atom. The summed E-state index contributed by atoms with van der Waals surface area (Å²) in [4.78, 5) is 45.7. The highest BCUT2D eigenvalue weighted by Crippen LogP contribution is 2.46. The molecule has 0 bridgehead atoms. The molecule has 43 heavy (non-hydrogen) atoms. The SMILES string of the molecule is CCCCCOc1ccc(C2/C(=C(\O)c3ccc4c(c3)OCCO4)C(=O)C(=O)N2c2nc(C)c(C(C)=O)s2)cc1OCC. The van der Waals surface area contributed by atoms with Crippen LogP contribution >= 0.6 is 11.3 Å². The fourth-order valence-electron chi connectivity index (χ4n) is 5.12. The summed E-state index contributed by atoms with van der Waals surface area (Å²) >= 11 is 1.03. The lowest BCUT2D eigenvalue weighted by atomic mass is 9.95. The van der Waals surface area contributed by atoms with E-state index in [9.17, 15) is 19.5 Å². The van der Waals surface area contributed by atoms with Crippen molar-refractivity contribution in [2.24, 2.45) is 0 Å². The Labute approximate surface area is 253 Å². The van der Waals surface area contributed by atoms with E-state index >= 15 is 0 Å². The van der Waals surface area contributed by atoms with Crippen LogP contribution in [0.5, 0.6) is 23.0 Å². The number of ether oxygens (including phenoxy) is 4. The van der Waals surface area contributed by atoms with Crippen LogP contribution in [0.2, 0.25) is 0 Å². The van der Waals surface area contributed by atoms with Crippen LogP contribution in [0.1, 0.15) is 72.6 Å².